The van der Waals surface area contributed by atoms with E-state index >= 15 is 0 Å². The predicted octanol–water partition coefficient (Wildman–Crippen LogP) is 3.52. The van der Waals surface area contributed by atoms with Crippen molar-refractivity contribution >= 4 is 5.91 Å². The Balaban J connectivity index is 1.87. The molecule has 1 N–H and O–H groups in total. The number of hydrogen-bond donors (Lipinski definition) is 1. The lowest BCUT2D eigenvalue weighted by Gasteiger charge is -2.27. The molecule has 3 nitrogen and oxygen atoms in total. The number of benzene rings is 2. The Hall–Kier alpha value is -2.13. The van der Waals surface area contributed by atoms with E-state index in [1.807, 2.05) is 23.1 Å². The van der Waals surface area contributed by atoms with Crippen LogP contribution in [0.15, 0.2) is 54.6 Å². The van der Waals surface area contributed by atoms with Crippen molar-refractivity contribution in [2.75, 3.05) is 6.54 Å². The van der Waals surface area contributed by atoms with E-state index < -0.39 is 0 Å². The van der Waals surface area contributed by atoms with Crippen molar-refractivity contribution in [3.63, 3.8) is 0 Å². The zero-order valence-corrected chi connectivity index (χ0v) is 14.3. The highest BCUT2D eigenvalue weighted by Crippen LogP contribution is 2.08. The first-order chi connectivity index (χ1) is 11.1. The monoisotopic (exact) mass is 310 g/mol. The van der Waals surface area contributed by atoms with Gasteiger partial charge in [0.15, 0.2) is 0 Å². The van der Waals surface area contributed by atoms with E-state index in [0.717, 1.165) is 5.56 Å². The Morgan fingerprint density at radius 2 is 1.65 bits per heavy atom. The molecule has 0 spiro atoms. The van der Waals surface area contributed by atoms with Gasteiger partial charge < -0.3 is 10.2 Å². The van der Waals surface area contributed by atoms with Crippen LogP contribution < -0.4 is 5.32 Å². The number of aryl methyl sites for hydroxylation is 1. The summed E-state index contributed by atoms with van der Waals surface area (Å²) in [6.45, 7) is 7.91. The maximum absolute atomic E-state index is 12.5. The number of carbonyl (C=O) groups excluding carboxylic acids is 1. The van der Waals surface area contributed by atoms with Crippen LogP contribution in [-0.2, 0) is 17.9 Å². The molecule has 0 unspecified atom stereocenters. The van der Waals surface area contributed by atoms with Crippen molar-refractivity contribution in [2.45, 2.75) is 39.9 Å². The molecule has 0 radical (unpaired) electrons. The van der Waals surface area contributed by atoms with Gasteiger partial charge in [0.25, 0.3) is 0 Å². The molecule has 0 bridgehead atoms. The quantitative estimate of drug-likeness (QED) is 0.848. The fourth-order valence-corrected chi connectivity index (χ4v) is 2.46. The number of nitrogens with zero attached hydrogens (tertiary/aromatic N) is 1. The van der Waals surface area contributed by atoms with Gasteiger partial charge in [0.2, 0.25) is 5.91 Å². The maximum Gasteiger partial charge on any atom is 0.237 e. The van der Waals surface area contributed by atoms with Gasteiger partial charge in [-0.2, -0.15) is 0 Å². The van der Waals surface area contributed by atoms with E-state index in [2.05, 4.69) is 62.5 Å². The smallest absolute Gasteiger partial charge is 0.237 e. The molecule has 0 fully saturated rings. The molecule has 23 heavy (non-hydrogen) atoms. The topological polar surface area (TPSA) is 32.3 Å². The summed E-state index contributed by atoms with van der Waals surface area (Å²) >= 11 is 0. The van der Waals surface area contributed by atoms with E-state index in [1.54, 1.807) is 0 Å². The average molecular weight is 310 g/mol. The normalized spacial score (nSPS) is 10.8. The van der Waals surface area contributed by atoms with Gasteiger partial charge in [0, 0.05) is 19.1 Å². The largest absolute Gasteiger partial charge is 0.335 e. The van der Waals surface area contributed by atoms with Gasteiger partial charge in [-0.3, -0.25) is 4.79 Å². The third kappa shape index (κ3) is 5.53. The number of nitrogens with one attached hydrogen (secondary N) is 1. The third-order valence-corrected chi connectivity index (χ3v) is 3.87. The Bertz CT molecular complexity index is 605. The van der Waals surface area contributed by atoms with Gasteiger partial charge in [-0.25, -0.2) is 0 Å². The molecular formula is C20H26N2O. The molecule has 0 heterocycles. The van der Waals surface area contributed by atoms with Crippen LogP contribution in [0.3, 0.4) is 0 Å². The molecule has 1 amide bonds. The zero-order chi connectivity index (χ0) is 16.7. The molecule has 0 atom stereocenters. The standard InChI is InChI=1S/C20H26N2O/c1-16(2)22(15-19-7-5-4-6-8-19)20(23)14-21-13-18-11-9-17(3)10-12-18/h4-12,16,21H,13-15H2,1-3H3. The van der Waals surface area contributed by atoms with Gasteiger partial charge in [0.1, 0.15) is 0 Å². The molecule has 2 rings (SSSR count). The van der Waals surface area contributed by atoms with E-state index in [1.165, 1.54) is 11.1 Å². The lowest BCUT2D eigenvalue weighted by Crippen LogP contribution is -2.41. The SMILES string of the molecule is Cc1ccc(CNCC(=O)N(Cc2ccccc2)C(C)C)cc1. The molecule has 0 aliphatic carbocycles. The predicted molar refractivity (Wildman–Crippen MR) is 95.0 cm³/mol. The van der Waals surface area contributed by atoms with Crippen LogP contribution >= 0.6 is 0 Å². The summed E-state index contributed by atoms with van der Waals surface area (Å²) < 4.78 is 0. The van der Waals surface area contributed by atoms with Gasteiger partial charge in [-0.1, -0.05) is 60.2 Å². The van der Waals surface area contributed by atoms with Crippen LogP contribution in [0.1, 0.15) is 30.5 Å². The number of rotatable bonds is 7. The first kappa shape index (κ1) is 17.2. The zero-order valence-electron chi connectivity index (χ0n) is 14.3. The van der Waals surface area contributed by atoms with Crippen LogP contribution in [-0.4, -0.2) is 23.4 Å². The summed E-state index contributed by atoms with van der Waals surface area (Å²) in [6.07, 6.45) is 0. The van der Waals surface area contributed by atoms with E-state index in [0.29, 0.717) is 19.6 Å². The van der Waals surface area contributed by atoms with E-state index in [9.17, 15) is 4.79 Å². The molecule has 0 aromatic heterocycles. The summed E-state index contributed by atoms with van der Waals surface area (Å²) in [5, 5.41) is 3.25. The van der Waals surface area contributed by atoms with Crippen molar-refractivity contribution in [2.24, 2.45) is 0 Å². The summed E-state index contributed by atoms with van der Waals surface area (Å²) in [7, 11) is 0. The molecule has 0 aliphatic heterocycles. The summed E-state index contributed by atoms with van der Waals surface area (Å²) in [5.41, 5.74) is 3.61. The lowest BCUT2D eigenvalue weighted by atomic mass is 10.1. The van der Waals surface area contributed by atoms with Gasteiger partial charge in [0.05, 0.1) is 6.54 Å². The van der Waals surface area contributed by atoms with Gasteiger partial charge in [-0.15, -0.1) is 0 Å². The second-order valence-corrected chi connectivity index (χ2v) is 6.19. The minimum absolute atomic E-state index is 0.135. The van der Waals surface area contributed by atoms with Crippen molar-refractivity contribution in [1.29, 1.82) is 0 Å². The molecule has 0 saturated heterocycles. The number of hydrogen-bond acceptors (Lipinski definition) is 2. The highest BCUT2D eigenvalue weighted by molar-refractivity contribution is 5.78. The highest BCUT2D eigenvalue weighted by atomic mass is 16.2. The molecule has 122 valence electrons. The first-order valence-corrected chi connectivity index (χ1v) is 8.16. The van der Waals surface area contributed by atoms with Gasteiger partial charge >= 0.3 is 0 Å². The fourth-order valence-electron chi connectivity index (χ4n) is 2.46. The minimum Gasteiger partial charge on any atom is -0.335 e. The number of amides is 1. The highest BCUT2D eigenvalue weighted by Gasteiger charge is 2.16. The molecule has 3 heteroatoms. The summed E-state index contributed by atoms with van der Waals surface area (Å²) in [5.74, 6) is 0.135. The molecule has 0 aliphatic rings. The van der Waals surface area contributed by atoms with Crippen LogP contribution in [0.5, 0.6) is 0 Å². The third-order valence-electron chi connectivity index (χ3n) is 3.87. The summed E-state index contributed by atoms with van der Waals surface area (Å²) in [6, 6.07) is 18.7. The van der Waals surface area contributed by atoms with Crippen molar-refractivity contribution < 1.29 is 4.79 Å². The Labute approximate surface area is 139 Å². The number of carbonyl (C=O) groups is 1. The van der Waals surface area contributed by atoms with Gasteiger partial charge in [-0.05, 0) is 31.9 Å². The molecule has 2 aromatic carbocycles. The maximum atomic E-state index is 12.5. The fraction of sp³-hybridized carbons (Fsp3) is 0.350. The lowest BCUT2D eigenvalue weighted by molar-refractivity contribution is -0.132. The van der Waals surface area contributed by atoms with Crippen LogP contribution in [0.4, 0.5) is 0 Å². The second-order valence-electron chi connectivity index (χ2n) is 6.19. The Morgan fingerprint density at radius 3 is 2.26 bits per heavy atom. The molecule has 2 aromatic rings. The summed E-state index contributed by atoms with van der Waals surface area (Å²) in [4.78, 5) is 14.4. The van der Waals surface area contributed by atoms with E-state index in [4.69, 9.17) is 0 Å². The van der Waals surface area contributed by atoms with Crippen LogP contribution in [0.25, 0.3) is 0 Å². The second kappa shape index (κ2) is 8.49. The van der Waals surface area contributed by atoms with Crippen LogP contribution in [0, 0.1) is 6.92 Å². The Morgan fingerprint density at radius 1 is 1.00 bits per heavy atom. The molecular weight excluding hydrogens is 284 g/mol. The van der Waals surface area contributed by atoms with Crippen molar-refractivity contribution in [3.8, 4) is 0 Å². The van der Waals surface area contributed by atoms with Crippen molar-refractivity contribution in [1.82, 2.24) is 10.2 Å². The minimum atomic E-state index is 0.135. The average Bonchev–Trinajstić information content (AvgIpc) is 2.55. The Kier molecular flexibility index (Phi) is 6.36. The van der Waals surface area contributed by atoms with E-state index in [-0.39, 0.29) is 11.9 Å². The van der Waals surface area contributed by atoms with Crippen molar-refractivity contribution in [3.05, 3.63) is 71.3 Å². The van der Waals surface area contributed by atoms with Crippen LogP contribution in [0.2, 0.25) is 0 Å². The first-order valence-electron chi connectivity index (χ1n) is 8.16. The molecule has 0 saturated carbocycles.